The standard InChI is InChI=1S/C24H21ClN4O2S/c25-18-7-5-16(6-8-18)11-19-12-28-23(31-19)17-3-2-10-29(14-17)24(30)20-4-1-9-27-22(20)21-13-26-15-32-21/h1,4-9,12-13,15,17H,2-3,10-11,14H2. The molecule has 1 saturated heterocycles. The summed E-state index contributed by atoms with van der Waals surface area (Å²) in [5.74, 6) is 1.57. The van der Waals surface area contributed by atoms with E-state index in [1.807, 2.05) is 35.2 Å². The summed E-state index contributed by atoms with van der Waals surface area (Å²) < 4.78 is 6.07. The molecule has 1 atom stereocenters. The van der Waals surface area contributed by atoms with Gasteiger partial charge in [0, 0.05) is 36.9 Å². The molecule has 0 spiro atoms. The number of hydrogen-bond acceptors (Lipinski definition) is 6. The molecule has 4 aromatic rings. The lowest BCUT2D eigenvalue weighted by molar-refractivity contribution is 0.0698. The summed E-state index contributed by atoms with van der Waals surface area (Å²) in [5.41, 5.74) is 4.15. The van der Waals surface area contributed by atoms with Gasteiger partial charge < -0.3 is 9.32 Å². The molecular weight excluding hydrogens is 444 g/mol. The number of hydrogen-bond donors (Lipinski definition) is 0. The molecular formula is C24H21ClN4O2S. The van der Waals surface area contributed by atoms with Gasteiger partial charge in [-0.1, -0.05) is 23.7 Å². The number of thiazole rings is 1. The van der Waals surface area contributed by atoms with Crippen molar-refractivity contribution < 1.29 is 9.21 Å². The Morgan fingerprint density at radius 3 is 2.88 bits per heavy atom. The Balaban J connectivity index is 1.31. The third kappa shape index (κ3) is 4.45. The fourth-order valence-corrected chi connectivity index (χ4v) is 4.79. The topological polar surface area (TPSA) is 72.1 Å². The van der Waals surface area contributed by atoms with E-state index in [4.69, 9.17) is 16.0 Å². The van der Waals surface area contributed by atoms with Gasteiger partial charge in [-0.05, 0) is 42.7 Å². The lowest BCUT2D eigenvalue weighted by Crippen LogP contribution is -2.39. The van der Waals surface area contributed by atoms with Crippen molar-refractivity contribution in [3.8, 4) is 10.6 Å². The molecule has 4 heterocycles. The first-order valence-corrected chi connectivity index (χ1v) is 11.8. The fraction of sp³-hybridized carbons (Fsp3) is 0.250. The lowest BCUT2D eigenvalue weighted by Gasteiger charge is -2.31. The summed E-state index contributed by atoms with van der Waals surface area (Å²) >= 11 is 7.45. The Kier molecular flexibility index (Phi) is 6.01. The highest BCUT2D eigenvalue weighted by Crippen LogP contribution is 2.30. The molecule has 1 aliphatic rings. The quantitative estimate of drug-likeness (QED) is 0.392. The van der Waals surface area contributed by atoms with E-state index in [0.29, 0.717) is 41.7 Å². The van der Waals surface area contributed by atoms with Gasteiger partial charge in [0.05, 0.1) is 33.8 Å². The minimum atomic E-state index is -0.0147. The van der Waals surface area contributed by atoms with Crippen LogP contribution < -0.4 is 0 Å². The van der Waals surface area contributed by atoms with Crippen molar-refractivity contribution in [2.24, 2.45) is 0 Å². The average molecular weight is 465 g/mol. The maximum absolute atomic E-state index is 13.4. The van der Waals surface area contributed by atoms with Crippen molar-refractivity contribution >= 4 is 28.8 Å². The zero-order valence-corrected chi connectivity index (χ0v) is 18.9. The number of oxazole rings is 1. The number of rotatable bonds is 5. The van der Waals surface area contributed by atoms with Gasteiger partial charge in [-0.3, -0.25) is 14.8 Å². The van der Waals surface area contributed by atoms with Crippen LogP contribution in [-0.2, 0) is 6.42 Å². The zero-order valence-electron chi connectivity index (χ0n) is 17.3. The molecule has 1 unspecified atom stereocenters. The fourth-order valence-electron chi connectivity index (χ4n) is 4.04. The van der Waals surface area contributed by atoms with Crippen LogP contribution in [0.25, 0.3) is 10.6 Å². The van der Waals surface area contributed by atoms with E-state index >= 15 is 0 Å². The second-order valence-corrected chi connectivity index (χ2v) is 9.15. The minimum Gasteiger partial charge on any atom is -0.445 e. The van der Waals surface area contributed by atoms with Crippen LogP contribution >= 0.6 is 22.9 Å². The van der Waals surface area contributed by atoms with Crippen LogP contribution in [0.15, 0.2) is 64.9 Å². The Hall–Kier alpha value is -3.03. The summed E-state index contributed by atoms with van der Waals surface area (Å²) in [6.45, 7) is 1.29. The van der Waals surface area contributed by atoms with Crippen molar-refractivity contribution in [1.82, 2.24) is 19.9 Å². The van der Waals surface area contributed by atoms with Crippen molar-refractivity contribution in [3.63, 3.8) is 0 Å². The Morgan fingerprint density at radius 2 is 2.06 bits per heavy atom. The SMILES string of the molecule is O=C(c1cccnc1-c1cncs1)N1CCCC(c2ncc(Cc3ccc(Cl)cc3)o2)C1. The number of benzene rings is 1. The smallest absolute Gasteiger partial charge is 0.256 e. The van der Waals surface area contributed by atoms with E-state index in [1.54, 1.807) is 30.2 Å². The molecule has 6 nitrogen and oxygen atoms in total. The molecule has 8 heteroatoms. The monoisotopic (exact) mass is 464 g/mol. The predicted molar refractivity (Wildman–Crippen MR) is 124 cm³/mol. The molecule has 3 aromatic heterocycles. The number of carbonyl (C=O) groups is 1. The molecule has 1 amide bonds. The number of aromatic nitrogens is 3. The molecule has 162 valence electrons. The van der Waals surface area contributed by atoms with Crippen molar-refractivity contribution in [3.05, 3.63) is 88.3 Å². The van der Waals surface area contributed by atoms with Gasteiger partial charge in [-0.25, -0.2) is 4.98 Å². The number of halogens is 1. The summed E-state index contributed by atoms with van der Waals surface area (Å²) in [5, 5.41) is 0.714. The van der Waals surface area contributed by atoms with Crippen LogP contribution in [0, 0.1) is 0 Å². The molecule has 0 N–H and O–H groups in total. The molecule has 0 aliphatic carbocycles. The third-order valence-electron chi connectivity index (χ3n) is 5.62. The van der Waals surface area contributed by atoms with E-state index in [9.17, 15) is 4.79 Å². The van der Waals surface area contributed by atoms with Gasteiger partial charge in [0.2, 0.25) is 0 Å². The molecule has 1 aromatic carbocycles. The summed E-state index contributed by atoms with van der Waals surface area (Å²) in [6.07, 6.45) is 7.75. The van der Waals surface area contributed by atoms with E-state index in [0.717, 1.165) is 29.0 Å². The van der Waals surface area contributed by atoms with Crippen molar-refractivity contribution in [1.29, 1.82) is 0 Å². The van der Waals surface area contributed by atoms with Crippen molar-refractivity contribution in [2.75, 3.05) is 13.1 Å². The maximum atomic E-state index is 13.4. The highest BCUT2D eigenvalue weighted by molar-refractivity contribution is 7.13. The highest BCUT2D eigenvalue weighted by Gasteiger charge is 2.30. The van der Waals surface area contributed by atoms with E-state index in [2.05, 4.69) is 15.0 Å². The van der Waals surface area contributed by atoms with E-state index in [1.165, 1.54) is 11.3 Å². The third-order valence-corrected chi connectivity index (χ3v) is 6.66. The van der Waals surface area contributed by atoms with Gasteiger partial charge in [0.25, 0.3) is 5.91 Å². The Labute approximate surface area is 194 Å². The molecule has 32 heavy (non-hydrogen) atoms. The van der Waals surface area contributed by atoms with Crippen LogP contribution in [0.2, 0.25) is 5.02 Å². The van der Waals surface area contributed by atoms with Gasteiger partial charge in [-0.15, -0.1) is 11.3 Å². The first kappa shape index (κ1) is 20.8. The summed E-state index contributed by atoms with van der Waals surface area (Å²) in [7, 11) is 0. The number of nitrogens with zero attached hydrogens (tertiary/aromatic N) is 4. The van der Waals surface area contributed by atoms with E-state index in [-0.39, 0.29) is 11.8 Å². The van der Waals surface area contributed by atoms with Gasteiger partial charge >= 0.3 is 0 Å². The molecule has 0 radical (unpaired) electrons. The zero-order chi connectivity index (χ0) is 21.9. The molecule has 0 bridgehead atoms. The molecule has 1 fully saturated rings. The van der Waals surface area contributed by atoms with Gasteiger partial charge in [0.1, 0.15) is 5.76 Å². The first-order chi connectivity index (χ1) is 15.7. The van der Waals surface area contributed by atoms with Crippen LogP contribution in [0.4, 0.5) is 0 Å². The van der Waals surface area contributed by atoms with Crippen LogP contribution in [0.1, 0.15) is 46.3 Å². The average Bonchev–Trinajstić information content (AvgIpc) is 3.53. The summed E-state index contributed by atoms with van der Waals surface area (Å²) in [6, 6.07) is 11.4. The predicted octanol–water partition coefficient (Wildman–Crippen LogP) is 5.46. The highest BCUT2D eigenvalue weighted by atomic mass is 35.5. The maximum Gasteiger partial charge on any atom is 0.256 e. The number of pyridine rings is 1. The van der Waals surface area contributed by atoms with Gasteiger partial charge in [-0.2, -0.15) is 0 Å². The van der Waals surface area contributed by atoms with Crippen molar-refractivity contribution in [2.45, 2.75) is 25.2 Å². The largest absolute Gasteiger partial charge is 0.445 e. The number of likely N-dealkylation sites (tertiary alicyclic amines) is 1. The molecule has 1 aliphatic heterocycles. The number of carbonyl (C=O) groups excluding carboxylic acids is 1. The van der Waals surface area contributed by atoms with E-state index < -0.39 is 0 Å². The van der Waals surface area contributed by atoms with Crippen LogP contribution in [0.5, 0.6) is 0 Å². The van der Waals surface area contributed by atoms with Crippen LogP contribution in [-0.4, -0.2) is 38.8 Å². The normalized spacial score (nSPS) is 16.3. The second-order valence-electron chi connectivity index (χ2n) is 7.82. The number of piperidine rings is 1. The molecule has 5 rings (SSSR count). The minimum absolute atomic E-state index is 0.0147. The van der Waals surface area contributed by atoms with Gasteiger partial charge in [0.15, 0.2) is 5.89 Å². The first-order valence-electron chi connectivity index (χ1n) is 10.5. The Morgan fingerprint density at radius 1 is 1.19 bits per heavy atom. The van der Waals surface area contributed by atoms with Crippen LogP contribution in [0.3, 0.4) is 0 Å². The lowest BCUT2D eigenvalue weighted by atomic mass is 9.97. The number of amides is 1. The summed E-state index contributed by atoms with van der Waals surface area (Å²) in [4.78, 5) is 29.3. The molecule has 0 saturated carbocycles. The second kappa shape index (κ2) is 9.22. The Bertz CT molecular complexity index is 1210.